The van der Waals surface area contributed by atoms with Crippen LogP contribution in [0.3, 0.4) is 0 Å². The summed E-state index contributed by atoms with van der Waals surface area (Å²) in [4.78, 5) is 6.41. The maximum absolute atomic E-state index is 13.4. The molecule has 5 rings (SSSR count). The zero-order valence-corrected chi connectivity index (χ0v) is 21.5. The maximum atomic E-state index is 13.4. The highest BCUT2D eigenvalue weighted by atomic mass is 32.2. The number of furan rings is 1. The molecule has 0 aliphatic carbocycles. The molecule has 1 aliphatic rings. The van der Waals surface area contributed by atoms with Crippen molar-refractivity contribution in [3.05, 3.63) is 96.3 Å². The van der Waals surface area contributed by atoms with Gasteiger partial charge in [0.15, 0.2) is 5.11 Å². The lowest BCUT2D eigenvalue weighted by Gasteiger charge is -2.26. The van der Waals surface area contributed by atoms with Crippen molar-refractivity contribution >= 4 is 38.7 Å². The molecule has 0 amide bonds. The normalized spacial score (nSPS) is 17.5. The van der Waals surface area contributed by atoms with E-state index in [1.807, 2.05) is 35.2 Å². The second kappa shape index (κ2) is 9.83. The van der Waals surface area contributed by atoms with Crippen LogP contribution in [0, 0.1) is 5.82 Å². The smallest absolute Gasteiger partial charge is 0.229 e. The summed E-state index contributed by atoms with van der Waals surface area (Å²) < 4.78 is 51.2. The van der Waals surface area contributed by atoms with Gasteiger partial charge in [-0.1, -0.05) is 6.07 Å². The lowest BCUT2D eigenvalue weighted by atomic mass is 10.0. The van der Waals surface area contributed by atoms with Crippen LogP contribution in [0.4, 0.5) is 15.8 Å². The number of benzene rings is 2. The van der Waals surface area contributed by atoms with E-state index < -0.39 is 16.1 Å². The number of methoxy groups -OCH3 is 1. The molecule has 190 valence electrons. The summed E-state index contributed by atoms with van der Waals surface area (Å²) in [6, 6.07) is 19.7. The van der Waals surface area contributed by atoms with E-state index in [1.165, 1.54) is 19.2 Å². The van der Waals surface area contributed by atoms with Crippen LogP contribution < -0.4 is 19.7 Å². The van der Waals surface area contributed by atoms with E-state index in [0.29, 0.717) is 33.8 Å². The maximum Gasteiger partial charge on any atom is 0.229 e. The van der Waals surface area contributed by atoms with Crippen molar-refractivity contribution in [1.82, 2.24) is 10.3 Å². The van der Waals surface area contributed by atoms with Crippen molar-refractivity contribution < 1.29 is 22.0 Å². The van der Waals surface area contributed by atoms with Crippen molar-refractivity contribution in [3.8, 4) is 17.1 Å². The summed E-state index contributed by atoms with van der Waals surface area (Å²) in [5.74, 6) is 1.19. The predicted octanol–water partition coefficient (Wildman–Crippen LogP) is 5.04. The molecule has 0 bridgehead atoms. The average molecular weight is 539 g/mol. The van der Waals surface area contributed by atoms with Crippen molar-refractivity contribution in [2.75, 3.05) is 23.0 Å². The minimum absolute atomic E-state index is 0.307. The summed E-state index contributed by atoms with van der Waals surface area (Å²) in [6.07, 6.45) is 2.78. The number of hydrogen-bond donors (Lipinski definition) is 2. The zero-order chi connectivity index (χ0) is 26.2. The number of anilines is 2. The number of nitrogens with zero attached hydrogens (tertiary/aromatic N) is 2. The van der Waals surface area contributed by atoms with Crippen LogP contribution in [0.2, 0.25) is 0 Å². The minimum atomic E-state index is -3.51. The van der Waals surface area contributed by atoms with Crippen LogP contribution >= 0.6 is 12.2 Å². The van der Waals surface area contributed by atoms with Crippen molar-refractivity contribution in [1.29, 1.82) is 0 Å². The van der Waals surface area contributed by atoms with E-state index in [1.54, 1.807) is 36.5 Å². The highest BCUT2D eigenvalue weighted by Crippen LogP contribution is 2.44. The molecule has 8 nitrogen and oxygen atoms in total. The van der Waals surface area contributed by atoms with Gasteiger partial charge in [-0.3, -0.25) is 9.71 Å². The third-order valence-electron chi connectivity index (χ3n) is 5.90. The van der Waals surface area contributed by atoms with Crippen molar-refractivity contribution in [3.63, 3.8) is 0 Å². The molecule has 0 saturated carbocycles. The molecule has 0 spiro atoms. The molecular weight excluding hydrogens is 515 g/mol. The van der Waals surface area contributed by atoms with Gasteiger partial charge in [-0.15, -0.1) is 0 Å². The van der Waals surface area contributed by atoms with Crippen LogP contribution in [0.15, 0.2) is 83.4 Å². The van der Waals surface area contributed by atoms with Gasteiger partial charge in [0.05, 0.1) is 30.8 Å². The number of rotatable bonds is 7. The van der Waals surface area contributed by atoms with Gasteiger partial charge in [-0.2, -0.15) is 0 Å². The summed E-state index contributed by atoms with van der Waals surface area (Å²) in [5, 5.41) is 3.78. The van der Waals surface area contributed by atoms with Gasteiger partial charge < -0.3 is 19.4 Å². The molecular formula is C26H23FN4O4S2. The number of sulfonamides is 1. The Bertz CT molecular complexity index is 1540. The molecule has 4 aromatic rings. The Balaban J connectivity index is 1.59. The molecule has 2 aromatic carbocycles. The van der Waals surface area contributed by atoms with E-state index in [9.17, 15) is 12.8 Å². The van der Waals surface area contributed by atoms with Gasteiger partial charge in [0, 0.05) is 23.5 Å². The Morgan fingerprint density at radius 3 is 2.57 bits per heavy atom. The van der Waals surface area contributed by atoms with E-state index in [0.717, 1.165) is 17.5 Å². The largest absolute Gasteiger partial charge is 0.494 e. The van der Waals surface area contributed by atoms with E-state index in [4.69, 9.17) is 21.4 Å². The third kappa shape index (κ3) is 5.13. The van der Waals surface area contributed by atoms with Crippen molar-refractivity contribution in [2.45, 2.75) is 12.1 Å². The molecule has 1 aliphatic heterocycles. The number of pyridine rings is 1. The Labute approximate surface area is 219 Å². The predicted molar refractivity (Wildman–Crippen MR) is 143 cm³/mol. The fraction of sp³-hybridized carbons (Fsp3) is 0.154. The lowest BCUT2D eigenvalue weighted by Crippen LogP contribution is -2.29. The van der Waals surface area contributed by atoms with Gasteiger partial charge in [-0.05, 0) is 72.9 Å². The number of nitrogens with one attached hydrogen (secondary N) is 2. The molecule has 2 atom stereocenters. The van der Waals surface area contributed by atoms with Crippen LogP contribution in [-0.2, 0) is 10.0 Å². The second-order valence-corrected chi connectivity index (χ2v) is 10.6. The highest BCUT2D eigenvalue weighted by molar-refractivity contribution is 7.92. The first-order chi connectivity index (χ1) is 17.7. The Morgan fingerprint density at radius 1 is 1.11 bits per heavy atom. The number of hydrogen-bond acceptors (Lipinski definition) is 6. The van der Waals surface area contributed by atoms with E-state index in [-0.39, 0.29) is 11.9 Å². The lowest BCUT2D eigenvalue weighted by molar-refractivity contribution is 0.416. The quantitative estimate of drug-likeness (QED) is 0.316. The standard InChI is InChI=1S/C26H23FN4O4S2/c1-34-23-15-18(10-11-19(23)30-37(2,32)33)31-25(24(29-26(31)36)20-5-3-4-14-28-20)22-13-12-21(35-22)16-6-8-17(27)9-7-16/h3-15,24-25,30H,1-2H3,(H,29,36)/t24-,25+/m1/s1. The summed E-state index contributed by atoms with van der Waals surface area (Å²) >= 11 is 5.74. The molecule has 1 saturated heterocycles. The van der Waals surface area contributed by atoms with Gasteiger partial charge in [0.1, 0.15) is 29.1 Å². The van der Waals surface area contributed by atoms with Gasteiger partial charge in [0.2, 0.25) is 10.0 Å². The van der Waals surface area contributed by atoms with Crippen molar-refractivity contribution in [2.24, 2.45) is 0 Å². The number of thiocarbonyl (C=S) groups is 1. The van der Waals surface area contributed by atoms with Crippen LogP contribution in [0.25, 0.3) is 11.3 Å². The molecule has 3 heterocycles. The van der Waals surface area contributed by atoms with E-state index >= 15 is 0 Å². The second-order valence-electron chi connectivity index (χ2n) is 8.46. The summed E-state index contributed by atoms with van der Waals surface area (Å²) in [6.45, 7) is 0. The topological polar surface area (TPSA) is 96.7 Å². The highest BCUT2D eigenvalue weighted by Gasteiger charge is 2.42. The fourth-order valence-electron chi connectivity index (χ4n) is 4.32. The van der Waals surface area contributed by atoms with Crippen LogP contribution in [0.5, 0.6) is 5.75 Å². The molecule has 2 N–H and O–H groups in total. The zero-order valence-electron chi connectivity index (χ0n) is 19.9. The van der Waals surface area contributed by atoms with E-state index in [2.05, 4.69) is 15.0 Å². The number of ether oxygens (including phenoxy) is 1. The summed E-state index contributed by atoms with van der Waals surface area (Å²) in [5.41, 5.74) is 2.47. The van der Waals surface area contributed by atoms with Gasteiger partial charge in [0.25, 0.3) is 0 Å². The molecule has 0 radical (unpaired) electrons. The van der Waals surface area contributed by atoms with Crippen LogP contribution in [-0.4, -0.2) is 31.9 Å². The van der Waals surface area contributed by atoms with Gasteiger partial charge >= 0.3 is 0 Å². The fourth-order valence-corrected chi connectivity index (χ4v) is 5.23. The number of aromatic nitrogens is 1. The molecule has 0 unspecified atom stereocenters. The molecule has 1 fully saturated rings. The third-order valence-corrected chi connectivity index (χ3v) is 6.81. The molecule has 2 aromatic heterocycles. The Morgan fingerprint density at radius 2 is 1.89 bits per heavy atom. The molecule has 11 heteroatoms. The first-order valence-corrected chi connectivity index (χ1v) is 13.6. The Kier molecular flexibility index (Phi) is 6.57. The minimum Gasteiger partial charge on any atom is -0.494 e. The summed E-state index contributed by atoms with van der Waals surface area (Å²) in [7, 11) is -2.04. The first kappa shape index (κ1) is 24.7. The first-order valence-electron chi connectivity index (χ1n) is 11.3. The average Bonchev–Trinajstić information content (AvgIpc) is 3.49. The number of halogens is 1. The Hall–Kier alpha value is -3.96. The molecule has 37 heavy (non-hydrogen) atoms. The monoisotopic (exact) mass is 538 g/mol. The van der Waals surface area contributed by atoms with Gasteiger partial charge in [-0.25, -0.2) is 12.8 Å². The SMILES string of the molecule is COc1cc(N2C(=S)N[C@H](c3ccccn3)[C@@H]2c2ccc(-c3ccc(F)cc3)o2)ccc1NS(C)(=O)=O. The van der Waals surface area contributed by atoms with Crippen LogP contribution in [0.1, 0.15) is 23.5 Å².